The number of nitrogens with one attached hydrogen (secondary N) is 2. The Morgan fingerprint density at radius 3 is 2.71 bits per heavy atom. The van der Waals surface area contributed by atoms with Crippen molar-refractivity contribution in [1.82, 2.24) is 19.7 Å². The maximum Gasteiger partial charge on any atom is 0.256 e. The van der Waals surface area contributed by atoms with Crippen molar-refractivity contribution >= 4 is 23.1 Å². The Balaban J connectivity index is 1.75. The highest BCUT2D eigenvalue weighted by atomic mass is 32.1. The van der Waals surface area contributed by atoms with E-state index in [1.807, 2.05) is 47.8 Å². The highest BCUT2D eigenvalue weighted by Crippen LogP contribution is 2.27. The third-order valence-electron chi connectivity index (χ3n) is 4.69. The van der Waals surface area contributed by atoms with Gasteiger partial charge in [-0.1, -0.05) is 42.5 Å². The van der Waals surface area contributed by atoms with E-state index in [0.29, 0.717) is 29.2 Å². The molecule has 4 aromatic rings. The predicted octanol–water partition coefficient (Wildman–Crippen LogP) is 4.10. The molecule has 0 saturated carbocycles. The standard InChI is InChI=1S/C23H21N5O2S/c1-3-8-21(29)25-20-14-18(19-11-7-12-31-19)27-28(20)23-24-15(2)17(22(30)26-23)13-16-9-5-4-6-10-16/h3-12,14H,13H2,1-2H3,(H,25,29)(H,24,26,30)/b8-3-. The van der Waals surface area contributed by atoms with Crippen LogP contribution in [0.15, 0.2) is 70.9 Å². The third kappa shape index (κ3) is 4.54. The van der Waals surface area contributed by atoms with Gasteiger partial charge in [-0.2, -0.15) is 9.78 Å². The first kappa shape index (κ1) is 20.5. The molecule has 4 rings (SSSR count). The predicted molar refractivity (Wildman–Crippen MR) is 123 cm³/mol. The Morgan fingerprint density at radius 1 is 1.23 bits per heavy atom. The smallest absolute Gasteiger partial charge is 0.256 e. The molecular weight excluding hydrogens is 410 g/mol. The Labute approximate surface area is 183 Å². The van der Waals surface area contributed by atoms with E-state index in [1.165, 1.54) is 22.1 Å². The van der Waals surface area contributed by atoms with E-state index in [4.69, 9.17) is 0 Å². The molecular formula is C23H21N5O2S. The SMILES string of the molecule is C/C=C\C(=O)Nc1cc(-c2cccs2)nn1-c1nc(C)c(Cc2ccccc2)c(=O)[nH]1. The van der Waals surface area contributed by atoms with Gasteiger partial charge in [0.15, 0.2) is 0 Å². The zero-order valence-electron chi connectivity index (χ0n) is 17.1. The van der Waals surface area contributed by atoms with Gasteiger partial charge in [-0.05, 0) is 36.9 Å². The number of rotatable bonds is 6. The Hall–Kier alpha value is -3.78. The lowest BCUT2D eigenvalue weighted by Gasteiger charge is -2.10. The molecule has 0 unspecified atom stereocenters. The molecule has 3 heterocycles. The molecule has 0 fully saturated rings. The van der Waals surface area contributed by atoms with Gasteiger partial charge in [0, 0.05) is 18.1 Å². The van der Waals surface area contributed by atoms with Crippen molar-refractivity contribution < 1.29 is 4.79 Å². The van der Waals surface area contributed by atoms with Gasteiger partial charge in [0.05, 0.1) is 10.6 Å². The maximum atomic E-state index is 12.9. The number of H-pyrrole nitrogens is 1. The quantitative estimate of drug-likeness (QED) is 0.450. The fraction of sp³-hybridized carbons (Fsp3) is 0.130. The van der Waals surface area contributed by atoms with E-state index in [9.17, 15) is 9.59 Å². The largest absolute Gasteiger partial charge is 0.307 e. The molecule has 156 valence electrons. The van der Waals surface area contributed by atoms with Crippen molar-refractivity contribution in [2.24, 2.45) is 0 Å². The zero-order chi connectivity index (χ0) is 21.8. The number of benzene rings is 1. The molecule has 2 N–H and O–H groups in total. The summed E-state index contributed by atoms with van der Waals surface area (Å²) < 4.78 is 1.46. The summed E-state index contributed by atoms with van der Waals surface area (Å²) in [4.78, 5) is 33.4. The normalized spacial score (nSPS) is 11.2. The molecule has 0 aliphatic rings. The molecule has 8 heteroatoms. The summed E-state index contributed by atoms with van der Waals surface area (Å²) in [7, 11) is 0. The van der Waals surface area contributed by atoms with Crippen molar-refractivity contribution in [2.75, 3.05) is 5.32 Å². The molecule has 0 atom stereocenters. The lowest BCUT2D eigenvalue weighted by molar-refractivity contribution is -0.111. The van der Waals surface area contributed by atoms with E-state index in [-0.39, 0.29) is 17.4 Å². The second-order valence-electron chi connectivity index (χ2n) is 6.91. The van der Waals surface area contributed by atoms with Crippen LogP contribution in [0, 0.1) is 6.92 Å². The molecule has 0 aliphatic carbocycles. The van der Waals surface area contributed by atoms with Crippen LogP contribution in [-0.4, -0.2) is 25.7 Å². The van der Waals surface area contributed by atoms with Crippen LogP contribution >= 0.6 is 11.3 Å². The van der Waals surface area contributed by atoms with Crippen LogP contribution in [0.1, 0.15) is 23.7 Å². The van der Waals surface area contributed by atoms with E-state index >= 15 is 0 Å². The van der Waals surface area contributed by atoms with E-state index in [0.717, 1.165) is 10.4 Å². The summed E-state index contributed by atoms with van der Waals surface area (Å²) in [6.45, 7) is 3.57. The minimum Gasteiger partial charge on any atom is -0.307 e. The van der Waals surface area contributed by atoms with Gasteiger partial charge < -0.3 is 5.32 Å². The van der Waals surface area contributed by atoms with Gasteiger partial charge in [-0.15, -0.1) is 11.3 Å². The molecule has 0 aliphatic heterocycles. The third-order valence-corrected chi connectivity index (χ3v) is 5.58. The van der Waals surface area contributed by atoms with Crippen LogP contribution in [0.3, 0.4) is 0 Å². The number of amides is 1. The van der Waals surface area contributed by atoms with Crippen molar-refractivity contribution in [1.29, 1.82) is 0 Å². The number of carbonyl (C=O) groups excluding carboxylic acids is 1. The first-order chi connectivity index (χ1) is 15.0. The number of hydrogen-bond acceptors (Lipinski definition) is 5. The van der Waals surface area contributed by atoms with Gasteiger partial charge in [-0.25, -0.2) is 4.98 Å². The monoisotopic (exact) mass is 431 g/mol. The van der Waals surface area contributed by atoms with Crippen LogP contribution in [-0.2, 0) is 11.2 Å². The molecule has 0 saturated heterocycles. The van der Waals surface area contributed by atoms with Crippen molar-refractivity contribution in [3.8, 4) is 16.5 Å². The fourth-order valence-electron chi connectivity index (χ4n) is 3.20. The average Bonchev–Trinajstić information content (AvgIpc) is 3.41. The number of anilines is 1. The van der Waals surface area contributed by atoms with Gasteiger partial charge in [-0.3, -0.25) is 14.6 Å². The first-order valence-corrected chi connectivity index (χ1v) is 10.6. The zero-order valence-corrected chi connectivity index (χ0v) is 17.9. The molecule has 0 radical (unpaired) electrons. The van der Waals surface area contributed by atoms with Gasteiger partial charge >= 0.3 is 0 Å². The minimum absolute atomic E-state index is 0.231. The summed E-state index contributed by atoms with van der Waals surface area (Å²) >= 11 is 1.54. The first-order valence-electron chi connectivity index (χ1n) is 9.77. The molecule has 7 nitrogen and oxygen atoms in total. The highest BCUT2D eigenvalue weighted by molar-refractivity contribution is 7.13. The Kier molecular flexibility index (Phi) is 5.90. The van der Waals surface area contributed by atoms with E-state index in [2.05, 4.69) is 20.4 Å². The lowest BCUT2D eigenvalue weighted by atomic mass is 10.1. The van der Waals surface area contributed by atoms with Crippen LogP contribution < -0.4 is 10.9 Å². The Bertz CT molecular complexity index is 1290. The lowest BCUT2D eigenvalue weighted by Crippen LogP contribution is -2.22. The van der Waals surface area contributed by atoms with Crippen LogP contribution in [0.4, 0.5) is 5.82 Å². The number of aromatic nitrogens is 4. The number of aryl methyl sites for hydroxylation is 1. The fourth-order valence-corrected chi connectivity index (χ4v) is 3.88. The summed E-state index contributed by atoms with van der Waals surface area (Å²) in [5, 5.41) is 9.34. The number of nitrogens with zero attached hydrogens (tertiary/aromatic N) is 3. The van der Waals surface area contributed by atoms with Gasteiger partial charge in [0.25, 0.3) is 5.56 Å². The molecule has 3 aromatic heterocycles. The summed E-state index contributed by atoms with van der Waals surface area (Å²) in [5.74, 6) is 0.379. The van der Waals surface area contributed by atoms with Crippen LogP contribution in [0.5, 0.6) is 0 Å². The second kappa shape index (κ2) is 8.93. The minimum atomic E-state index is -0.291. The number of allylic oxidation sites excluding steroid dienone is 1. The number of thiophene rings is 1. The van der Waals surface area contributed by atoms with Crippen LogP contribution in [0.25, 0.3) is 16.5 Å². The molecule has 0 spiro atoms. The average molecular weight is 432 g/mol. The molecule has 31 heavy (non-hydrogen) atoms. The second-order valence-corrected chi connectivity index (χ2v) is 7.86. The number of carbonyl (C=O) groups is 1. The molecule has 0 bridgehead atoms. The van der Waals surface area contributed by atoms with Gasteiger partial charge in [0.1, 0.15) is 11.5 Å². The maximum absolute atomic E-state index is 12.9. The topological polar surface area (TPSA) is 92.7 Å². The summed E-state index contributed by atoms with van der Waals surface area (Å²) in [5.41, 5.74) is 2.69. The van der Waals surface area contributed by atoms with E-state index in [1.54, 1.807) is 26.0 Å². The number of hydrogen-bond donors (Lipinski definition) is 2. The van der Waals surface area contributed by atoms with Crippen molar-refractivity contribution in [2.45, 2.75) is 20.3 Å². The van der Waals surface area contributed by atoms with Crippen molar-refractivity contribution in [3.63, 3.8) is 0 Å². The molecule has 1 amide bonds. The van der Waals surface area contributed by atoms with Crippen molar-refractivity contribution in [3.05, 3.63) is 93.2 Å². The molecule has 1 aromatic carbocycles. The van der Waals surface area contributed by atoms with E-state index < -0.39 is 0 Å². The Morgan fingerprint density at radius 2 is 2.03 bits per heavy atom. The summed E-state index contributed by atoms with van der Waals surface area (Å²) in [6, 6.07) is 15.4. The number of aromatic amines is 1. The highest BCUT2D eigenvalue weighted by Gasteiger charge is 2.17. The summed E-state index contributed by atoms with van der Waals surface area (Å²) in [6.07, 6.45) is 3.56. The van der Waals surface area contributed by atoms with Gasteiger partial charge in [0.2, 0.25) is 11.9 Å². The van der Waals surface area contributed by atoms with Crippen LogP contribution in [0.2, 0.25) is 0 Å².